The quantitative estimate of drug-likeness (QED) is 0.517. The Bertz CT molecular complexity index is 593. The summed E-state index contributed by atoms with van der Waals surface area (Å²) in [5.41, 5.74) is 0.904. The standard InChI is InChI=1S/C13H11Br2NO2S2/c1-3-16-12(17)10(20-13(16)19)6-7-4-8(14)11(18-2)9(15)5-7/h4-6H,3H2,1-2H3/b10-6-. The number of likely N-dealkylation sites (N-methyl/N-ethyl adjacent to an activating group) is 1. The Balaban J connectivity index is 2.37. The van der Waals surface area contributed by atoms with Crippen LogP contribution in [0.4, 0.5) is 0 Å². The van der Waals surface area contributed by atoms with Crippen LogP contribution in [0.15, 0.2) is 26.0 Å². The van der Waals surface area contributed by atoms with E-state index in [1.807, 2.05) is 25.1 Å². The summed E-state index contributed by atoms with van der Waals surface area (Å²) in [6, 6.07) is 3.81. The minimum Gasteiger partial charge on any atom is -0.494 e. The highest BCUT2D eigenvalue weighted by Crippen LogP contribution is 2.37. The fourth-order valence-electron chi connectivity index (χ4n) is 1.78. The summed E-state index contributed by atoms with van der Waals surface area (Å²) in [6.07, 6.45) is 1.84. The molecule has 2 rings (SSSR count). The average Bonchev–Trinajstić information content (AvgIpc) is 2.63. The highest BCUT2D eigenvalue weighted by molar-refractivity contribution is 9.11. The predicted molar refractivity (Wildman–Crippen MR) is 93.9 cm³/mol. The van der Waals surface area contributed by atoms with Gasteiger partial charge in [-0.25, -0.2) is 0 Å². The molecule has 1 aliphatic heterocycles. The van der Waals surface area contributed by atoms with E-state index in [1.54, 1.807) is 12.0 Å². The van der Waals surface area contributed by atoms with E-state index in [-0.39, 0.29) is 5.91 Å². The van der Waals surface area contributed by atoms with Crippen molar-refractivity contribution in [2.24, 2.45) is 0 Å². The first-order chi connectivity index (χ1) is 9.47. The Labute approximate surface area is 144 Å². The van der Waals surface area contributed by atoms with E-state index in [2.05, 4.69) is 31.9 Å². The van der Waals surface area contributed by atoms with E-state index in [1.165, 1.54) is 11.8 Å². The van der Waals surface area contributed by atoms with E-state index in [9.17, 15) is 4.79 Å². The lowest BCUT2D eigenvalue weighted by molar-refractivity contribution is -0.121. The highest BCUT2D eigenvalue weighted by atomic mass is 79.9. The van der Waals surface area contributed by atoms with Crippen LogP contribution in [0, 0.1) is 0 Å². The molecule has 0 saturated carbocycles. The van der Waals surface area contributed by atoms with Gasteiger partial charge in [0.1, 0.15) is 10.1 Å². The number of carbonyl (C=O) groups excluding carboxylic acids is 1. The van der Waals surface area contributed by atoms with Crippen molar-refractivity contribution in [3.63, 3.8) is 0 Å². The van der Waals surface area contributed by atoms with Gasteiger partial charge in [-0.05, 0) is 62.6 Å². The number of hydrogen-bond donors (Lipinski definition) is 0. The lowest BCUT2D eigenvalue weighted by Gasteiger charge is -2.09. The summed E-state index contributed by atoms with van der Waals surface area (Å²) >= 11 is 13.4. The molecule has 0 radical (unpaired) electrons. The third-order valence-corrected chi connectivity index (χ3v) is 5.27. The summed E-state index contributed by atoms with van der Waals surface area (Å²) in [5.74, 6) is 0.689. The van der Waals surface area contributed by atoms with Crippen LogP contribution in [-0.2, 0) is 4.79 Å². The van der Waals surface area contributed by atoms with Crippen LogP contribution in [0.2, 0.25) is 0 Å². The third kappa shape index (κ3) is 3.10. The lowest BCUT2D eigenvalue weighted by atomic mass is 10.2. The molecule has 20 heavy (non-hydrogen) atoms. The predicted octanol–water partition coefficient (Wildman–Crippen LogP) is 4.44. The minimum atomic E-state index is -0.0365. The van der Waals surface area contributed by atoms with Crippen molar-refractivity contribution >= 4 is 72.1 Å². The van der Waals surface area contributed by atoms with Gasteiger partial charge in [0.05, 0.1) is 21.0 Å². The second-order valence-corrected chi connectivity index (χ2v) is 7.33. The maximum atomic E-state index is 12.1. The molecule has 1 aromatic carbocycles. The number of nitrogens with zero attached hydrogens (tertiary/aromatic N) is 1. The first-order valence-corrected chi connectivity index (χ1v) is 8.57. The number of amides is 1. The fraction of sp³-hybridized carbons (Fsp3) is 0.231. The number of ether oxygens (including phenoxy) is 1. The van der Waals surface area contributed by atoms with Crippen molar-refractivity contribution in [3.8, 4) is 5.75 Å². The summed E-state index contributed by atoms with van der Waals surface area (Å²) in [5, 5.41) is 0. The van der Waals surface area contributed by atoms with Crippen molar-refractivity contribution in [1.82, 2.24) is 4.90 Å². The monoisotopic (exact) mass is 435 g/mol. The summed E-state index contributed by atoms with van der Waals surface area (Å²) in [6.45, 7) is 2.51. The van der Waals surface area contributed by atoms with Crippen molar-refractivity contribution in [1.29, 1.82) is 0 Å². The Kier molecular flexibility index (Phi) is 5.28. The molecule has 1 heterocycles. The highest BCUT2D eigenvalue weighted by Gasteiger charge is 2.30. The third-order valence-electron chi connectivity index (χ3n) is 2.71. The maximum absolute atomic E-state index is 12.1. The van der Waals surface area contributed by atoms with Gasteiger partial charge in [-0.3, -0.25) is 9.69 Å². The van der Waals surface area contributed by atoms with E-state index < -0.39 is 0 Å². The Hall–Kier alpha value is -0.370. The van der Waals surface area contributed by atoms with E-state index in [4.69, 9.17) is 17.0 Å². The van der Waals surface area contributed by atoms with Crippen molar-refractivity contribution in [2.75, 3.05) is 13.7 Å². The van der Waals surface area contributed by atoms with E-state index in [0.717, 1.165) is 20.3 Å². The number of thiocarbonyl (C=S) groups is 1. The number of halogens is 2. The molecule has 3 nitrogen and oxygen atoms in total. The smallest absolute Gasteiger partial charge is 0.266 e. The summed E-state index contributed by atoms with van der Waals surface area (Å²) < 4.78 is 7.52. The molecule has 0 bridgehead atoms. The zero-order valence-corrected chi connectivity index (χ0v) is 15.6. The van der Waals surface area contributed by atoms with Crippen LogP contribution in [0.25, 0.3) is 6.08 Å². The number of carbonyl (C=O) groups is 1. The van der Waals surface area contributed by atoms with Crippen LogP contribution in [0.5, 0.6) is 5.75 Å². The van der Waals surface area contributed by atoms with Crippen molar-refractivity contribution < 1.29 is 9.53 Å². The second kappa shape index (κ2) is 6.60. The Morgan fingerprint density at radius 1 is 1.40 bits per heavy atom. The summed E-state index contributed by atoms with van der Waals surface area (Å²) in [7, 11) is 1.61. The molecular weight excluding hydrogens is 426 g/mol. The van der Waals surface area contributed by atoms with Crippen molar-refractivity contribution in [3.05, 3.63) is 31.5 Å². The van der Waals surface area contributed by atoms with Gasteiger partial charge in [-0.15, -0.1) is 0 Å². The number of rotatable bonds is 3. The average molecular weight is 437 g/mol. The molecule has 1 aromatic rings. The van der Waals surface area contributed by atoms with Gasteiger partial charge < -0.3 is 4.74 Å². The largest absolute Gasteiger partial charge is 0.494 e. The number of thioether (sulfide) groups is 1. The fourth-order valence-corrected chi connectivity index (χ4v) is 4.71. The van der Waals surface area contributed by atoms with Gasteiger partial charge in [0.15, 0.2) is 0 Å². The van der Waals surface area contributed by atoms with Crippen LogP contribution in [-0.4, -0.2) is 28.8 Å². The van der Waals surface area contributed by atoms with Crippen LogP contribution in [0.3, 0.4) is 0 Å². The molecule has 7 heteroatoms. The second-order valence-electron chi connectivity index (χ2n) is 3.94. The van der Waals surface area contributed by atoms with E-state index in [0.29, 0.717) is 15.8 Å². The van der Waals surface area contributed by atoms with Gasteiger partial charge in [0.2, 0.25) is 0 Å². The van der Waals surface area contributed by atoms with Crippen LogP contribution in [0.1, 0.15) is 12.5 Å². The number of benzene rings is 1. The van der Waals surface area contributed by atoms with Crippen molar-refractivity contribution in [2.45, 2.75) is 6.92 Å². The topological polar surface area (TPSA) is 29.5 Å². The molecule has 0 atom stereocenters. The first-order valence-electron chi connectivity index (χ1n) is 5.76. The summed E-state index contributed by atoms with van der Waals surface area (Å²) in [4.78, 5) is 14.4. The molecule has 1 fully saturated rings. The molecule has 0 aromatic heterocycles. The molecule has 0 aliphatic carbocycles. The molecule has 0 N–H and O–H groups in total. The first kappa shape index (κ1) is 16.0. The van der Waals surface area contributed by atoms with Gasteiger partial charge in [-0.1, -0.05) is 24.0 Å². The normalized spacial score (nSPS) is 17.2. The van der Waals surface area contributed by atoms with Gasteiger partial charge in [0, 0.05) is 6.54 Å². The Morgan fingerprint density at radius 3 is 2.45 bits per heavy atom. The molecule has 1 amide bonds. The zero-order chi connectivity index (χ0) is 14.9. The van der Waals surface area contributed by atoms with Crippen LogP contribution >= 0.6 is 55.8 Å². The molecule has 1 saturated heterocycles. The van der Waals surface area contributed by atoms with E-state index >= 15 is 0 Å². The van der Waals surface area contributed by atoms with Gasteiger partial charge >= 0.3 is 0 Å². The molecular formula is C13H11Br2NO2S2. The molecule has 106 valence electrons. The maximum Gasteiger partial charge on any atom is 0.266 e. The number of methoxy groups -OCH3 is 1. The lowest BCUT2D eigenvalue weighted by Crippen LogP contribution is -2.27. The SMILES string of the molecule is CCN1C(=O)/C(=C/c2cc(Br)c(OC)c(Br)c2)SC1=S. The van der Waals surface area contributed by atoms with Gasteiger partial charge in [0.25, 0.3) is 5.91 Å². The molecule has 0 unspecified atom stereocenters. The van der Waals surface area contributed by atoms with Crippen LogP contribution < -0.4 is 4.74 Å². The molecule has 0 spiro atoms. The Morgan fingerprint density at radius 2 is 2.00 bits per heavy atom. The molecule has 1 aliphatic rings. The minimum absolute atomic E-state index is 0.0365. The zero-order valence-electron chi connectivity index (χ0n) is 10.8. The number of hydrogen-bond acceptors (Lipinski definition) is 4. The van der Waals surface area contributed by atoms with Gasteiger partial charge in [-0.2, -0.15) is 0 Å².